The Balaban J connectivity index is 1.74. The number of hydrogen-bond acceptors (Lipinski definition) is 6. The van der Waals surface area contributed by atoms with Crippen molar-refractivity contribution in [2.45, 2.75) is 12.5 Å². The van der Waals surface area contributed by atoms with Gasteiger partial charge < -0.3 is 15.4 Å². The third-order valence-corrected chi connectivity index (χ3v) is 6.57. The number of amides is 1. The molecule has 4 rings (SSSR count). The lowest BCUT2D eigenvalue weighted by Crippen LogP contribution is -2.49. The highest BCUT2D eigenvalue weighted by atomic mass is 35.5. The van der Waals surface area contributed by atoms with Gasteiger partial charge in [0, 0.05) is 29.9 Å². The molecule has 0 bridgehead atoms. The number of rotatable bonds is 3. The number of hydrogen-bond donors (Lipinski definition) is 1. The Morgan fingerprint density at radius 3 is 2.53 bits per heavy atom. The van der Waals surface area contributed by atoms with Gasteiger partial charge in [-0.25, -0.2) is 4.79 Å². The molecule has 0 saturated carbocycles. The second kappa shape index (κ2) is 9.32. The molecule has 7 nitrogen and oxygen atoms in total. The summed E-state index contributed by atoms with van der Waals surface area (Å²) in [7, 11) is 0. The van der Waals surface area contributed by atoms with Crippen molar-refractivity contribution >= 4 is 17.7 Å². The van der Waals surface area contributed by atoms with E-state index in [1.165, 1.54) is 4.90 Å². The first-order valence-corrected chi connectivity index (χ1v) is 11.0. The number of carbonyl (C=O) groups excluding carboxylic acids is 1. The highest BCUT2D eigenvalue weighted by Crippen LogP contribution is 2.54. The van der Waals surface area contributed by atoms with E-state index in [9.17, 15) is 20.6 Å². The molecule has 2 N–H and O–H groups in total. The molecule has 0 fully saturated rings. The number of carbonyl (C=O) groups is 1. The molecule has 1 amide bonds. The minimum atomic E-state index is -1.80. The van der Waals surface area contributed by atoms with Crippen molar-refractivity contribution in [1.29, 1.82) is 15.8 Å². The Bertz CT molecular complexity index is 1300. The fourth-order valence-corrected chi connectivity index (χ4v) is 4.91. The number of halogens is 1. The first-order chi connectivity index (χ1) is 16.4. The van der Waals surface area contributed by atoms with Crippen molar-refractivity contribution in [1.82, 2.24) is 4.90 Å². The monoisotopic (exact) mass is 469 g/mol. The maximum absolute atomic E-state index is 12.9. The summed E-state index contributed by atoms with van der Waals surface area (Å²) in [6.45, 7) is 0.484. The van der Waals surface area contributed by atoms with Gasteiger partial charge in [-0.15, -0.1) is 0 Å². The van der Waals surface area contributed by atoms with Crippen LogP contribution in [0.15, 0.2) is 77.5 Å². The molecule has 2 aromatic carbocycles. The van der Waals surface area contributed by atoms with Crippen LogP contribution in [-0.4, -0.2) is 24.1 Å². The van der Waals surface area contributed by atoms with Crippen molar-refractivity contribution < 1.29 is 9.53 Å². The minimum Gasteiger partial charge on any atom is -0.445 e. The summed E-state index contributed by atoms with van der Waals surface area (Å²) in [6.07, 6.45) is 1.23. The van der Waals surface area contributed by atoms with Gasteiger partial charge in [-0.1, -0.05) is 60.1 Å². The fraction of sp³-hybridized carbons (Fsp3) is 0.231. The number of allylic oxidation sites excluding steroid dienone is 2. The van der Waals surface area contributed by atoms with E-state index < -0.39 is 23.3 Å². The normalized spacial score (nSPS) is 20.8. The van der Waals surface area contributed by atoms with Gasteiger partial charge in [-0.3, -0.25) is 0 Å². The Morgan fingerprint density at radius 2 is 1.88 bits per heavy atom. The quantitative estimate of drug-likeness (QED) is 0.709. The predicted molar refractivity (Wildman–Crippen MR) is 124 cm³/mol. The van der Waals surface area contributed by atoms with E-state index in [0.717, 1.165) is 5.56 Å². The smallest absolute Gasteiger partial charge is 0.410 e. The van der Waals surface area contributed by atoms with Crippen molar-refractivity contribution in [3.63, 3.8) is 0 Å². The van der Waals surface area contributed by atoms with E-state index in [1.54, 1.807) is 30.3 Å². The Labute approximate surface area is 202 Å². The van der Waals surface area contributed by atoms with E-state index in [2.05, 4.69) is 18.2 Å². The summed E-state index contributed by atoms with van der Waals surface area (Å²) < 4.78 is 5.49. The Hall–Kier alpha value is -4.25. The Kier molecular flexibility index (Phi) is 6.28. The molecule has 0 spiro atoms. The molecule has 1 heterocycles. The molecule has 34 heavy (non-hydrogen) atoms. The average molecular weight is 470 g/mol. The molecule has 2 aromatic rings. The van der Waals surface area contributed by atoms with Crippen LogP contribution in [0.25, 0.3) is 0 Å². The molecule has 1 aliphatic carbocycles. The van der Waals surface area contributed by atoms with Crippen molar-refractivity contribution in [2.24, 2.45) is 17.1 Å². The second-order valence-electron chi connectivity index (χ2n) is 8.18. The summed E-state index contributed by atoms with van der Waals surface area (Å²) >= 11 is 6.23. The lowest BCUT2D eigenvalue weighted by atomic mass is 9.58. The van der Waals surface area contributed by atoms with Crippen molar-refractivity contribution in [2.75, 3.05) is 13.1 Å². The van der Waals surface area contributed by atoms with Gasteiger partial charge in [0.05, 0.1) is 23.4 Å². The molecular weight excluding hydrogens is 450 g/mol. The second-order valence-corrected chi connectivity index (χ2v) is 8.61. The van der Waals surface area contributed by atoms with Crippen molar-refractivity contribution in [3.8, 4) is 18.2 Å². The highest BCUT2D eigenvalue weighted by Gasteiger charge is 2.54. The SMILES string of the molecule is N#CC1=C(N)C(C#N)(C#N)[C@H](c2cccc(Cl)c2)[C@@H]2CN(C(=O)OCc3ccccc3)CC=C12. The average Bonchev–Trinajstić information content (AvgIpc) is 2.87. The fourth-order valence-electron chi connectivity index (χ4n) is 4.72. The molecule has 8 heteroatoms. The van der Waals surface area contributed by atoms with E-state index in [4.69, 9.17) is 22.1 Å². The molecule has 0 saturated heterocycles. The summed E-state index contributed by atoms with van der Waals surface area (Å²) in [5.74, 6) is -1.27. The zero-order valence-corrected chi connectivity index (χ0v) is 18.9. The number of nitrogens with zero attached hydrogens (tertiary/aromatic N) is 4. The van der Waals surface area contributed by atoms with Crippen LogP contribution in [0.5, 0.6) is 0 Å². The van der Waals surface area contributed by atoms with Crippen LogP contribution in [0.1, 0.15) is 17.0 Å². The number of fused-ring (bicyclic) bond motifs is 1. The largest absolute Gasteiger partial charge is 0.445 e. The molecular formula is C26H20ClN5O2. The predicted octanol–water partition coefficient (Wildman–Crippen LogP) is 4.40. The standard InChI is InChI=1S/C26H20ClN5O2/c27-19-8-4-7-18(11-19)23-22-13-32(25(33)34-14-17-5-2-1-3-6-17)10-9-20(22)21(12-28)24(31)26(23,15-29)16-30/h1-9,11,22-23H,10,13-14,31H2/t22-,23-/m1/s1. The molecule has 2 aliphatic rings. The third kappa shape index (κ3) is 3.86. The Morgan fingerprint density at radius 1 is 1.15 bits per heavy atom. The van der Waals surface area contributed by atoms with Gasteiger partial charge in [-0.2, -0.15) is 15.8 Å². The van der Waals surface area contributed by atoms with Gasteiger partial charge in [0.25, 0.3) is 0 Å². The molecule has 168 valence electrons. The van der Waals surface area contributed by atoms with Crippen LogP contribution >= 0.6 is 11.6 Å². The summed E-state index contributed by atoms with van der Waals surface area (Å²) in [5, 5.41) is 30.6. The van der Waals surface area contributed by atoms with Crippen LogP contribution < -0.4 is 5.73 Å². The lowest BCUT2D eigenvalue weighted by molar-refractivity contribution is 0.0898. The number of benzene rings is 2. The molecule has 0 unspecified atom stereocenters. The van der Waals surface area contributed by atoms with Gasteiger partial charge in [0.1, 0.15) is 12.7 Å². The van der Waals surface area contributed by atoms with E-state index in [-0.39, 0.29) is 31.0 Å². The van der Waals surface area contributed by atoms with Gasteiger partial charge in [-0.05, 0) is 28.8 Å². The van der Waals surface area contributed by atoms with Crippen LogP contribution in [-0.2, 0) is 11.3 Å². The van der Waals surface area contributed by atoms with Crippen LogP contribution in [0.2, 0.25) is 5.02 Å². The minimum absolute atomic E-state index is 0.0763. The van der Waals surface area contributed by atoms with E-state index in [0.29, 0.717) is 16.2 Å². The van der Waals surface area contributed by atoms with Gasteiger partial charge >= 0.3 is 6.09 Å². The highest BCUT2D eigenvalue weighted by molar-refractivity contribution is 6.30. The molecule has 0 radical (unpaired) electrons. The van der Waals surface area contributed by atoms with Crippen molar-refractivity contribution in [3.05, 3.63) is 93.7 Å². The maximum Gasteiger partial charge on any atom is 0.410 e. The third-order valence-electron chi connectivity index (χ3n) is 6.34. The zero-order valence-electron chi connectivity index (χ0n) is 18.1. The first kappa shape index (κ1) is 22.9. The molecule has 1 aliphatic heterocycles. The summed E-state index contributed by atoms with van der Waals surface area (Å²) in [4.78, 5) is 14.4. The van der Waals surface area contributed by atoms with E-state index in [1.807, 2.05) is 30.3 Å². The number of nitrogens with two attached hydrogens (primary N) is 1. The number of nitriles is 3. The first-order valence-electron chi connectivity index (χ1n) is 10.6. The lowest BCUT2D eigenvalue weighted by Gasteiger charge is -2.45. The zero-order chi connectivity index (χ0) is 24.3. The summed E-state index contributed by atoms with van der Waals surface area (Å²) in [5.41, 5.74) is 6.65. The molecule has 2 atom stereocenters. The summed E-state index contributed by atoms with van der Waals surface area (Å²) in [6, 6.07) is 22.4. The number of ether oxygens (including phenoxy) is 1. The van der Waals surface area contributed by atoms with Crippen LogP contribution in [0.4, 0.5) is 4.79 Å². The van der Waals surface area contributed by atoms with E-state index >= 15 is 0 Å². The van der Waals surface area contributed by atoms with Crippen LogP contribution in [0.3, 0.4) is 0 Å². The maximum atomic E-state index is 12.9. The van der Waals surface area contributed by atoms with Crippen LogP contribution in [0, 0.1) is 45.3 Å². The van der Waals surface area contributed by atoms with Gasteiger partial charge in [0.2, 0.25) is 0 Å². The topological polar surface area (TPSA) is 127 Å². The van der Waals surface area contributed by atoms with Gasteiger partial charge in [0.15, 0.2) is 5.41 Å². The molecule has 0 aromatic heterocycles.